The van der Waals surface area contributed by atoms with Crippen molar-refractivity contribution in [3.8, 4) is 11.5 Å². The van der Waals surface area contributed by atoms with Crippen molar-refractivity contribution in [3.63, 3.8) is 0 Å². The van der Waals surface area contributed by atoms with Crippen molar-refractivity contribution in [2.24, 2.45) is 0 Å². The quantitative estimate of drug-likeness (QED) is 0.901. The number of rotatable bonds is 4. The van der Waals surface area contributed by atoms with Crippen LogP contribution in [0.4, 0.5) is 0 Å². The molecule has 20 heavy (non-hydrogen) atoms. The number of ether oxygens (including phenoxy) is 2. The zero-order valence-electron chi connectivity index (χ0n) is 10.9. The summed E-state index contributed by atoms with van der Waals surface area (Å²) in [5.74, 6) is -0.332. The van der Waals surface area contributed by atoms with Gasteiger partial charge in [0.05, 0.1) is 6.42 Å². The second-order valence-electron chi connectivity index (χ2n) is 5.30. The maximum Gasteiger partial charge on any atom is 0.304 e. The van der Waals surface area contributed by atoms with Gasteiger partial charge < -0.3 is 14.6 Å². The Morgan fingerprint density at radius 3 is 2.60 bits per heavy atom. The molecule has 7 heteroatoms. The smallest absolute Gasteiger partial charge is 0.304 e. The van der Waals surface area contributed by atoms with Crippen LogP contribution in [0, 0.1) is 0 Å². The van der Waals surface area contributed by atoms with Crippen molar-refractivity contribution >= 4 is 15.8 Å². The average Bonchev–Trinajstić information content (AvgIpc) is 2.94. The minimum absolute atomic E-state index is 0.0206. The van der Waals surface area contributed by atoms with Crippen LogP contribution in [0.1, 0.15) is 24.8 Å². The minimum atomic E-state index is -3.54. The van der Waals surface area contributed by atoms with Gasteiger partial charge >= 0.3 is 5.97 Å². The van der Waals surface area contributed by atoms with E-state index in [-0.39, 0.29) is 23.9 Å². The van der Waals surface area contributed by atoms with Crippen LogP contribution in [0.2, 0.25) is 0 Å². The molecular formula is C13H14O6S. The first-order valence-electron chi connectivity index (χ1n) is 6.18. The second kappa shape index (κ2) is 4.12. The van der Waals surface area contributed by atoms with Crippen molar-refractivity contribution in [1.82, 2.24) is 0 Å². The molecule has 0 unspecified atom stereocenters. The predicted molar refractivity (Wildman–Crippen MR) is 68.8 cm³/mol. The number of aliphatic carboxylic acids is 1. The molecule has 6 nitrogen and oxygen atoms in total. The summed E-state index contributed by atoms with van der Waals surface area (Å²) in [4.78, 5) is 11.1. The number of hydrogen-bond donors (Lipinski definition) is 1. The van der Waals surface area contributed by atoms with Crippen LogP contribution < -0.4 is 9.47 Å². The normalized spacial score (nSPS) is 18.9. The van der Waals surface area contributed by atoms with E-state index in [4.69, 9.17) is 14.6 Å². The molecule has 0 spiro atoms. The number of carboxylic acid groups (broad SMARTS) is 1. The molecule has 1 aromatic rings. The molecule has 0 amide bonds. The molecule has 1 aromatic carbocycles. The molecule has 0 bridgehead atoms. The Bertz CT molecular complexity index is 687. The van der Waals surface area contributed by atoms with Crippen molar-refractivity contribution in [2.75, 3.05) is 13.0 Å². The maximum absolute atomic E-state index is 12.1. The molecule has 3 rings (SSSR count). The topological polar surface area (TPSA) is 89.9 Å². The second-order valence-corrected chi connectivity index (χ2v) is 7.25. The molecule has 1 N–H and O–H groups in total. The fourth-order valence-electron chi connectivity index (χ4n) is 2.71. The Kier molecular flexibility index (Phi) is 2.72. The minimum Gasteiger partial charge on any atom is -0.481 e. The summed E-state index contributed by atoms with van der Waals surface area (Å²) in [6, 6.07) is 3.30. The lowest BCUT2D eigenvalue weighted by molar-refractivity contribution is -0.137. The predicted octanol–water partition coefficient (Wildman–Crippen LogP) is 1.33. The number of carbonyl (C=O) groups is 1. The highest BCUT2D eigenvalue weighted by Gasteiger charge is 2.49. The molecule has 1 heterocycles. The van der Waals surface area contributed by atoms with Crippen LogP contribution in [0.25, 0.3) is 0 Å². The van der Waals surface area contributed by atoms with E-state index in [1.165, 1.54) is 0 Å². The molecular weight excluding hydrogens is 284 g/mol. The van der Waals surface area contributed by atoms with Crippen molar-refractivity contribution < 1.29 is 27.8 Å². The molecule has 1 fully saturated rings. The van der Waals surface area contributed by atoms with Gasteiger partial charge in [0.25, 0.3) is 0 Å². The molecule has 0 saturated heterocycles. The summed E-state index contributed by atoms with van der Waals surface area (Å²) in [7, 11) is -3.54. The summed E-state index contributed by atoms with van der Waals surface area (Å²) in [5, 5.41) is 9.03. The fraction of sp³-hybridized carbons (Fsp3) is 0.462. The molecule has 0 radical (unpaired) electrons. The highest BCUT2D eigenvalue weighted by atomic mass is 32.2. The van der Waals surface area contributed by atoms with Gasteiger partial charge in [-0.15, -0.1) is 0 Å². The zero-order valence-corrected chi connectivity index (χ0v) is 11.7. The lowest BCUT2D eigenvalue weighted by atomic mass is 9.92. The summed E-state index contributed by atoms with van der Waals surface area (Å²) >= 11 is 0. The van der Waals surface area contributed by atoms with Gasteiger partial charge in [-0.3, -0.25) is 4.79 Å². The SMILES string of the molecule is CS(=O)(=O)c1c(C2(CC(=O)O)CC2)ccc2c1OCO2. The highest BCUT2D eigenvalue weighted by molar-refractivity contribution is 7.90. The van der Waals surface area contributed by atoms with Crippen LogP contribution in [0.3, 0.4) is 0 Å². The number of benzene rings is 1. The summed E-state index contributed by atoms with van der Waals surface area (Å²) in [5.41, 5.74) is -0.0581. The maximum atomic E-state index is 12.1. The van der Waals surface area contributed by atoms with Crippen molar-refractivity contribution in [3.05, 3.63) is 17.7 Å². The molecule has 0 atom stereocenters. The van der Waals surface area contributed by atoms with E-state index in [2.05, 4.69) is 0 Å². The van der Waals surface area contributed by atoms with Gasteiger partial charge in [-0.1, -0.05) is 6.07 Å². The Morgan fingerprint density at radius 2 is 2.05 bits per heavy atom. The van der Waals surface area contributed by atoms with Crippen LogP contribution >= 0.6 is 0 Å². The van der Waals surface area contributed by atoms with Crippen molar-refractivity contribution in [2.45, 2.75) is 29.6 Å². The van der Waals surface area contributed by atoms with E-state index < -0.39 is 21.2 Å². The number of fused-ring (bicyclic) bond motifs is 1. The van der Waals surface area contributed by atoms with Gasteiger partial charge in [0, 0.05) is 11.7 Å². The first-order chi connectivity index (χ1) is 9.33. The molecule has 1 aliphatic heterocycles. The number of carboxylic acids is 1. The van der Waals surface area contributed by atoms with Gasteiger partial charge in [-0.25, -0.2) is 8.42 Å². The van der Waals surface area contributed by atoms with Crippen LogP contribution in [-0.2, 0) is 20.0 Å². The third-order valence-corrected chi connectivity index (χ3v) is 4.93. The number of hydrogen-bond acceptors (Lipinski definition) is 5. The van der Waals surface area contributed by atoms with Crippen LogP contribution in [-0.4, -0.2) is 32.5 Å². The monoisotopic (exact) mass is 298 g/mol. The summed E-state index contributed by atoms with van der Waals surface area (Å²) in [6.07, 6.45) is 2.36. The first kappa shape index (κ1) is 13.2. The Hall–Kier alpha value is -1.76. The molecule has 1 aliphatic carbocycles. The zero-order chi connectivity index (χ0) is 14.5. The third kappa shape index (κ3) is 2.02. The van der Waals surface area contributed by atoms with Crippen LogP contribution in [0.5, 0.6) is 11.5 Å². The third-order valence-electron chi connectivity index (χ3n) is 3.78. The van der Waals surface area contributed by atoms with Crippen LogP contribution in [0.15, 0.2) is 17.0 Å². The van der Waals surface area contributed by atoms with Gasteiger partial charge in [-0.2, -0.15) is 0 Å². The average molecular weight is 298 g/mol. The fourth-order valence-corrected chi connectivity index (χ4v) is 3.89. The highest BCUT2D eigenvalue weighted by Crippen LogP contribution is 2.55. The van der Waals surface area contributed by atoms with E-state index in [0.29, 0.717) is 24.2 Å². The summed E-state index contributed by atoms with van der Waals surface area (Å²) < 4.78 is 34.7. The largest absolute Gasteiger partial charge is 0.481 e. The molecule has 108 valence electrons. The number of sulfone groups is 1. The Morgan fingerprint density at radius 1 is 1.35 bits per heavy atom. The van der Waals surface area contributed by atoms with E-state index in [0.717, 1.165) is 6.26 Å². The lowest BCUT2D eigenvalue weighted by Crippen LogP contribution is -2.17. The molecule has 1 saturated carbocycles. The van der Waals surface area contributed by atoms with E-state index >= 15 is 0 Å². The van der Waals surface area contributed by atoms with E-state index in [1.54, 1.807) is 12.1 Å². The Balaban J connectivity index is 2.20. The molecule has 2 aliphatic rings. The first-order valence-corrected chi connectivity index (χ1v) is 8.08. The molecule has 0 aromatic heterocycles. The van der Waals surface area contributed by atoms with E-state index in [9.17, 15) is 13.2 Å². The van der Waals surface area contributed by atoms with Gasteiger partial charge in [0.15, 0.2) is 21.3 Å². The van der Waals surface area contributed by atoms with Gasteiger partial charge in [0.2, 0.25) is 6.79 Å². The van der Waals surface area contributed by atoms with Gasteiger partial charge in [-0.05, 0) is 24.5 Å². The Labute approximate surface area is 116 Å². The van der Waals surface area contributed by atoms with Gasteiger partial charge in [0.1, 0.15) is 4.90 Å². The van der Waals surface area contributed by atoms with Crippen molar-refractivity contribution in [1.29, 1.82) is 0 Å². The standard InChI is InChI=1S/C13H14O6S/c1-20(16,17)12-8(13(4-5-13)6-10(14)15)2-3-9-11(12)19-7-18-9/h2-3H,4-7H2,1H3,(H,14,15). The summed E-state index contributed by atoms with van der Waals surface area (Å²) in [6.45, 7) is -0.0206. The lowest BCUT2D eigenvalue weighted by Gasteiger charge is -2.18. The van der Waals surface area contributed by atoms with E-state index in [1.807, 2.05) is 0 Å².